The van der Waals surface area contributed by atoms with Crippen LogP contribution in [-0.2, 0) is 0 Å². The molecular formula is C11H18N2O. The van der Waals surface area contributed by atoms with Gasteiger partial charge < -0.3 is 4.74 Å². The van der Waals surface area contributed by atoms with Gasteiger partial charge in [-0.2, -0.15) is 0 Å². The first kappa shape index (κ1) is 12.6. The predicted molar refractivity (Wildman–Crippen MR) is 59.3 cm³/mol. The fraction of sp³-hybridized carbons (Fsp3) is 0.455. The highest BCUT2D eigenvalue weighted by molar-refractivity contribution is 5.64. The number of hydrogen-bond donors (Lipinski definition) is 0. The molecule has 0 unspecified atom stereocenters. The largest absolute Gasteiger partial charge is 0.493 e. The summed E-state index contributed by atoms with van der Waals surface area (Å²) in [5.74, 6) is 0.716. The van der Waals surface area contributed by atoms with Crippen LogP contribution in [0.15, 0.2) is 18.6 Å². The topological polar surface area (TPSA) is 35.0 Å². The van der Waals surface area contributed by atoms with Crippen molar-refractivity contribution in [2.24, 2.45) is 0 Å². The Kier molecular flexibility index (Phi) is 6.37. The van der Waals surface area contributed by atoms with E-state index < -0.39 is 0 Å². The number of ether oxygens (including phenoxy) is 1. The maximum Gasteiger partial charge on any atom is 0.163 e. The number of hydrogen-bond acceptors (Lipinski definition) is 3. The van der Waals surface area contributed by atoms with Crippen molar-refractivity contribution >= 4 is 5.57 Å². The summed E-state index contributed by atoms with van der Waals surface area (Å²) < 4.78 is 5.10. The average Bonchev–Trinajstić information content (AvgIpc) is 2.30. The van der Waals surface area contributed by atoms with Crippen LogP contribution in [0.4, 0.5) is 0 Å². The van der Waals surface area contributed by atoms with Gasteiger partial charge in [-0.05, 0) is 19.4 Å². The molecule has 1 heterocycles. The SMILES string of the molecule is C/C=C(/C)c1ncncc1OC.CC. The van der Waals surface area contributed by atoms with Gasteiger partial charge in [-0.25, -0.2) is 9.97 Å². The fourth-order valence-electron chi connectivity index (χ4n) is 0.899. The van der Waals surface area contributed by atoms with Crippen molar-refractivity contribution in [1.29, 1.82) is 0 Å². The van der Waals surface area contributed by atoms with Crippen LogP contribution in [-0.4, -0.2) is 17.1 Å². The quantitative estimate of drug-likeness (QED) is 0.726. The third kappa shape index (κ3) is 3.17. The van der Waals surface area contributed by atoms with E-state index in [1.807, 2.05) is 33.8 Å². The van der Waals surface area contributed by atoms with Crippen LogP contribution in [0.2, 0.25) is 0 Å². The van der Waals surface area contributed by atoms with E-state index in [2.05, 4.69) is 9.97 Å². The summed E-state index contributed by atoms with van der Waals surface area (Å²) in [6, 6.07) is 0. The Balaban J connectivity index is 0.000000791. The Hall–Kier alpha value is -1.38. The molecule has 0 fully saturated rings. The van der Waals surface area contributed by atoms with Gasteiger partial charge in [-0.1, -0.05) is 19.9 Å². The number of rotatable bonds is 2. The first-order valence-electron chi connectivity index (χ1n) is 4.77. The van der Waals surface area contributed by atoms with E-state index in [0.29, 0.717) is 5.75 Å². The molecule has 0 amide bonds. The van der Waals surface area contributed by atoms with Gasteiger partial charge in [0, 0.05) is 0 Å². The van der Waals surface area contributed by atoms with Gasteiger partial charge in [0.2, 0.25) is 0 Å². The molecular weight excluding hydrogens is 176 g/mol. The summed E-state index contributed by atoms with van der Waals surface area (Å²) in [4.78, 5) is 7.99. The van der Waals surface area contributed by atoms with Crippen LogP contribution in [0.5, 0.6) is 5.75 Å². The zero-order chi connectivity index (χ0) is 11.0. The molecule has 1 aromatic heterocycles. The lowest BCUT2D eigenvalue weighted by Gasteiger charge is -2.05. The molecule has 0 radical (unpaired) electrons. The third-order valence-corrected chi connectivity index (χ3v) is 1.71. The molecule has 0 aliphatic rings. The first-order chi connectivity index (χ1) is 6.79. The monoisotopic (exact) mass is 194 g/mol. The van der Waals surface area contributed by atoms with E-state index >= 15 is 0 Å². The highest BCUT2D eigenvalue weighted by atomic mass is 16.5. The van der Waals surface area contributed by atoms with Crippen molar-refractivity contribution in [2.75, 3.05) is 7.11 Å². The summed E-state index contributed by atoms with van der Waals surface area (Å²) in [6.45, 7) is 7.96. The van der Waals surface area contributed by atoms with E-state index in [1.165, 1.54) is 6.33 Å². The highest BCUT2D eigenvalue weighted by Crippen LogP contribution is 2.20. The molecule has 3 nitrogen and oxygen atoms in total. The van der Waals surface area contributed by atoms with Gasteiger partial charge in [0.1, 0.15) is 12.0 Å². The average molecular weight is 194 g/mol. The molecule has 1 aromatic rings. The molecule has 3 heteroatoms. The van der Waals surface area contributed by atoms with Crippen LogP contribution >= 0.6 is 0 Å². The fourth-order valence-corrected chi connectivity index (χ4v) is 0.899. The molecule has 78 valence electrons. The summed E-state index contributed by atoms with van der Waals surface area (Å²) >= 11 is 0. The molecule has 0 saturated carbocycles. The van der Waals surface area contributed by atoms with Crippen molar-refractivity contribution < 1.29 is 4.74 Å². The Morgan fingerprint density at radius 1 is 1.43 bits per heavy atom. The molecule has 0 bridgehead atoms. The van der Waals surface area contributed by atoms with Crippen molar-refractivity contribution in [1.82, 2.24) is 9.97 Å². The van der Waals surface area contributed by atoms with E-state index in [1.54, 1.807) is 13.3 Å². The van der Waals surface area contributed by atoms with Gasteiger partial charge in [-0.15, -0.1) is 0 Å². The molecule has 0 aliphatic carbocycles. The third-order valence-electron chi connectivity index (χ3n) is 1.71. The lowest BCUT2D eigenvalue weighted by molar-refractivity contribution is 0.409. The van der Waals surface area contributed by atoms with E-state index in [4.69, 9.17) is 4.74 Å². The standard InChI is InChI=1S/C9H12N2O.C2H6/c1-4-7(2)9-8(12-3)5-10-6-11-9;1-2/h4-6H,1-3H3;1-2H3/b7-4-;. The molecule has 0 aliphatic heterocycles. The first-order valence-corrected chi connectivity index (χ1v) is 4.77. The minimum absolute atomic E-state index is 0.716. The zero-order valence-corrected chi connectivity index (χ0v) is 9.53. The number of methoxy groups -OCH3 is 1. The second-order valence-corrected chi connectivity index (χ2v) is 2.41. The van der Waals surface area contributed by atoms with Gasteiger partial charge in [0.15, 0.2) is 5.75 Å². The van der Waals surface area contributed by atoms with Crippen molar-refractivity contribution in [3.63, 3.8) is 0 Å². The molecule has 0 aromatic carbocycles. The smallest absolute Gasteiger partial charge is 0.163 e. The van der Waals surface area contributed by atoms with Crippen molar-refractivity contribution in [2.45, 2.75) is 27.7 Å². The molecule has 14 heavy (non-hydrogen) atoms. The lowest BCUT2D eigenvalue weighted by Crippen LogP contribution is -1.93. The zero-order valence-electron chi connectivity index (χ0n) is 9.53. The van der Waals surface area contributed by atoms with Gasteiger partial charge in [0.05, 0.1) is 13.3 Å². The number of aromatic nitrogens is 2. The van der Waals surface area contributed by atoms with Gasteiger partial charge in [-0.3, -0.25) is 0 Å². The summed E-state index contributed by atoms with van der Waals surface area (Å²) in [7, 11) is 1.62. The van der Waals surface area contributed by atoms with E-state index in [9.17, 15) is 0 Å². The Bertz CT molecular complexity index is 295. The van der Waals surface area contributed by atoms with Crippen LogP contribution in [0.1, 0.15) is 33.4 Å². The van der Waals surface area contributed by atoms with Crippen molar-refractivity contribution in [3.8, 4) is 5.75 Å². The molecule has 1 rings (SSSR count). The Labute approximate surface area is 85.9 Å². The maximum absolute atomic E-state index is 5.10. The molecule has 0 atom stereocenters. The molecule has 0 N–H and O–H groups in total. The van der Waals surface area contributed by atoms with Crippen LogP contribution < -0.4 is 4.74 Å². The van der Waals surface area contributed by atoms with Crippen molar-refractivity contribution in [3.05, 3.63) is 24.3 Å². The Morgan fingerprint density at radius 2 is 2.07 bits per heavy atom. The van der Waals surface area contributed by atoms with Crippen LogP contribution in [0, 0.1) is 0 Å². The number of allylic oxidation sites excluding steroid dienone is 2. The summed E-state index contributed by atoms with van der Waals surface area (Å²) in [5, 5.41) is 0. The molecule has 0 saturated heterocycles. The van der Waals surface area contributed by atoms with Gasteiger partial charge in [0.25, 0.3) is 0 Å². The highest BCUT2D eigenvalue weighted by Gasteiger charge is 2.03. The predicted octanol–water partition coefficient (Wildman–Crippen LogP) is 2.93. The minimum Gasteiger partial charge on any atom is -0.493 e. The summed E-state index contributed by atoms with van der Waals surface area (Å²) in [6.07, 6.45) is 5.17. The lowest BCUT2D eigenvalue weighted by atomic mass is 10.2. The van der Waals surface area contributed by atoms with Crippen LogP contribution in [0.3, 0.4) is 0 Å². The maximum atomic E-state index is 5.10. The number of nitrogens with zero attached hydrogens (tertiary/aromatic N) is 2. The van der Waals surface area contributed by atoms with E-state index in [0.717, 1.165) is 11.3 Å². The minimum atomic E-state index is 0.716. The molecule has 0 spiro atoms. The van der Waals surface area contributed by atoms with Gasteiger partial charge >= 0.3 is 0 Å². The second kappa shape index (κ2) is 7.06. The second-order valence-electron chi connectivity index (χ2n) is 2.41. The normalized spacial score (nSPS) is 10.2. The van der Waals surface area contributed by atoms with E-state index in [-0.39, 0.29) is 0 Å². The van der Waals surface area contributed by atoms with Crippen LogP contribution in [0.25, 0.3) is 5.57 Å². The Morgan fingerprint density at radius 3 is 2.57 bits per heavy atom. The summed E-state index contributed by atoms with van der Waals surface area (Å²) in [5.41, 5.74) is 1.95.